The lowest BCUT2D eigenvalue weighted by Gasteiger charge is -2.25. The molecule has 2 amide bonds. The van der Waals surface area contributed by atoms with Crippen molar-refractivity contribution >= 4 is 56.6 Å². The summed E-state index contributed by atoms with van der Waals surface area (Å²) in [6, 6.07) is 22.9. The van der Waals surface area contributed by atoms with Gasteiger partial charge in [0.1, 0.15) is 5.37 Å². The Morgan fingerprint density at radius 1 is 1.00 bits per heavy atom. The molecule has 1 atom stereocenters. The largest absolute Gasteiger partial charge is 0.378 e. The Hall–Kier alpha value is -2.77. The maximum atomic E-state index is 12.6. The topological polar surface area (TPSA) is 52.6 Å². The van der Waals surface area contributed by atoms with E-state index in [-0.39, 0.29) is 17.2 Å². The van der Waals surface area contributed by atoms with E-state index >= 15 is 0 Å². The van der Waals surface area contributed by atoms with Gasteiger partial charge in [0.15, 0.2) is 0 Å². The van der Waals surface area contributed by atoms with E-state index in [0.29, 0.717) is 17.0 Å². The Labute approximate surface area is 194 Å². The van der Waals surface area contributed by atoms with Crippen molar-refractivity contribution in [1.82, 2.24) is 0 Å². The van der Waals surface area contributed by atoms with Gasteiger partial charge in [0, 0.05) is 41.2 Å². The monoisotopic (exact) mass is 495 g/mol. The molecule has 1 saturated heterocycles. The number of benzene rings is 3. The predicted molar refractivity (Wildman–Crippen MR) is 132 cm³/mol. The Kier molecular flexibility index (Phi) is 6.34. The van der Waals surface area contributed by atoms with Gasteiger partial charge in [0.2, 0.25) is 5.91 Å². The van der Waals surface area contributed by atoms with Gasteiger partial charge >= 0.3 is 0 Å². The summed E-state index contributed by atoms with van der Waals surface area (Å²) in [6.07, 6.45) is 0. The van der Waals surface area contributed by atoms with Gasteiger partial charge in [-0.3, -0.25) is 14.5 Å². The second-order valence-corrected chi connectivity index (χ2v) is 9.41. The van der Waals surface area contributed by atoms with E-state index in [9.17, 15) is 9.59 Å². The van der Waals surface area contributed by atoms with Gasteiger partial charge in [0.05, 0.1) is 5.75 Å². The number of hydrogen-bond acceptors (Lipinski definition) is 4. The Morgan fingerprint density at radius 3 is 2.26 bits per heavy atom. The Morgan fingerprint density at radius 2 is 1.65 bits per heavy atom. The van der Waals surface area contributed by atoms with E-state index in [4.69, 9.17) is 0 Å². The van der Waals surface area contributed by atoms with E-state index in [2.05, 4.69) is 21.2 Å². The van der Waals surface area contributed by atoms with E-state index in [1.807, 2.05) is 84.6 Å². The van der Waals surface area contributed by atoms with Gasteiger partial charge in [-0.2, -0.15) is 0 Å². The normalized spacial score (nSPS) is 15.8. The number of carbonyl (C=O) groups excluding carboxylic acids is 2. The zero-order valence-corrected chi connectivity index (χ0v) is 19.6. The van der Waals surface area contributed by atoms with Crippen LogP contribution in [0.2, 0.25) is 0 Å². The van der Waals surface area contributed by atoms with Crippen LogP contribution in [0.4, 0.5) is 17.1 Å². The Bertz CT molecular complexity index is 1080. The second-order valence-electron chi connectivity index (χ2n) is 7.42. The number of hydrogen-bond donors (Lipinski definition) is 1. The lowest BCUT2D eigenvalue weighted by Crippen LogP contribution is -2.27. The van der Waals surface area contributed by atoms with Crippen LogP contribution in [0.5, 0.6) is 0 Å². The first kappa shape index (κ1) is 21.5. The average molecular weight is 496 g/mol. The first-order valence-corrected chi connectivity index (χ1v) is 11.6. The van der Waals surface area contributed by atoms with Crippen LogP contribution in [0.15, 0.2) is 77.3 Å². The van der Waals surface area contributed by atoms with Crippen molar-refractivity contribution in [3.05, 3.63) is 88.4 Å². The molecule has 4 rings (SSSR count). The van der Waals surface area contributed by atoms with Crippen LogP contribution in [-0.2, 0) is 4.79 Å². The van der Waals surface area contributed by atoms with Gasteiger partial charge in [-0.05, 0) is 66.2 Å². The molecule has 0 saturated carbocycles. The minimum Gasteiger partial charge on any atom is -0.378 e. The number of halogens is 1. The Balaban J connectivity index is 1.50. The summed E-state index contributed by atoms with van der Waals surface area (Å²) in [4.78, 5) is 28.9. The first-order chi connectivity index (χ1) is 14.9. The molecule has 0 radical (unpaired) electrons. The predicted octanol–water partition coefficient (Wildman–Crippen LogP) is 5.55. The molecule has 1 aliphatic heterocycles. The second kappa shape index (κ2) is 9.16. The summed E-state index contributed by atoms with van der Waals surface area (Å²) in [5.74, 6) is 0.385. The minimum atomic E-state index is -0.159. The molecule has 0 bridgehead atoms. The van der Waals surface area contributed by atoms with Crippen LogP contribution >= 0.6 is 27.7 Å². The zero-order chi connectivity index (χ0) is 22.0. The van der Waals surface area contributed by atoms with E-state index < -0.39 is 0 Å². The third kappa shape index (κ3) is 4.78. The number of nitrogens with zero attached hydrogens (tertiary/aromatic N) is 2. The minimum absolute atomic E-state index is 0.0890. The number of carbonyl (C=O) groups is 2. The fourth-order valence-corrected chi connectivity index (χ4v) is 4.84. The van der Waals surface area contributed by atoms with Crippen molar-refractivity contribution in [3.63, 3.8) is 0 Å². The van der Waals surface area contributed by atoms with E-state index in [0.717, 1.165) is 21.4 Å². The molecular weight excluding hydrogens is 474 g/mol. The van der Waals surface area contributed by atoms with Crippen LogP contribution in [0.1, 0.15) is 21.3 Å². The van der Waals surface area contributed by atoms with Crippen LogP contribution in [0.3, 0.4) is 0 Å². The lowest BCUT2D eigenvalue weighted by atomic mass is 10.1. The summed E-state index contributed by atoms with van der Waals surface area (Å²) >= 11 is 4.98. The van der Waals surface area contributed by atoms with Gasteiger partial charge in [-0.25, -0.2) is 0 Å². The number of rotatable bonds is 5. The van der Waals surface area contributed by atoms with Gasteiger partial charge in [0.25, 0.3) is 5.91 Å². The molecule has 31 heavy (non-hydrogen) atoms. The van der Waals surface area contributed by atoms with Crippen molar-refractivity contribution in [2.45, 2.75) is 5.37 Å². The molecule has 3 aromatic rings. The van der Waals surface area contributed by atoms with Gasteiger partial charge < -0.3 is 10.2 Å². The van der Waals surface area contributed by atoms with Gasteiger partial charge in [-0.15, -0.1) is 11.8 Å². The molecular formula is C24H22BrN3O2S. The van der Waals surface area contributed by atoms with E-state index in [1.54, 1.807) is 23.9 Å². The molecule has 1 fully saturated rings. The highest BCUT2D eigenvalue weighted by Crippen LogP contribution is 2.42. The molecule has 0 aromatic heterocycles. The molecule has 0 aliphatic carbocycles. The van der Waals surface area contributed by atoms with Crippen molar-refractivity contribution in [2.75, 3.05) is 35.0 Å². The SMILES string of the molecule is CN(C)c1ccc(N2C(=O)CS[C@H]2c2ccc(NC(=O)c3ccc(Br)cc3)cc2)cc1. The fraction of sp³-hybridized carbons (Fsp3) is 0.167. The molecule has 1 heterocycles. The molecule has 3 aromatic carbocycles. The van der Waals surface area contributed by atoms with Crippen molar-refractivity contribution in [1.29, 1.82) is 0 Å². The highest BCUT2D eigenvalue weighted by Gasteiger charge is 2.34. The van der Waals surface area contributed by atoms with Crippen LogP contribution < -0.4 is 15.1 Å². The number of nitrogens with one attached hydrogen (secondary N) is 1. The maximum Gasteiger partial charge on any atom is 0.255 e. The lowest BCUT2D eigenvalue weighted by molar-refractivity contribution is -0.115. The molecule has 1 N–H and O–H groups in total. The van der Waals surface area contributed by atoms with E-state index in [1.165, 1.54) is 0 Å². The smallest absolute Gasteiger partial charge is 0.255 e. The fourth-order valence-electron chi connectivity index (χ4n) is 3.40. The summed E-state index contributed by atoms with van der Waals surface area (Å²) in [6.45, 7) is 0. The average Bonchev–Trinajstić information content (AvgIpc) is 3.16. The number of thioether (sulfide) groups is 1. The number of amides is 2. The van der Waals surface area contributed by atoms with Crippen LogP contribution in [0.25, 0.3) is 0 Å². The van der Waals surface area contributed by atoms with Crippen LogP contribution in [-0.4, -0.2) is 31.7 Å². The molecule has 158 valence electrons. The standard InChI is InChI=1S/C24H22BrN3O2S/c1-27(2)20-11-13-21(14-12-20)28-22(29)15-31-24(28)17-5-9-19(10-6-17)26-23(30)16-3-7-18(25)8-4-16/h3-14,24H,15H2,1-2H3,(H,26,30)/t24-/m0/s1. The van der Waals surface area contributed by atoms with Crippen LogP contribution in [0, 0.1) is 0 Å². The van der Waals surface area contributed by atoms with Crippen molar-refractivity contribution < 1.29 is 9.59 Å². The molecule has 0 spiro atoms. The highest BCUT2D eigenvalue weighted by molar-refractivity contribution is 9.10. The summed E-state index contributed by atoms with van der Waals surface area (Å²) in [7, 11) is 3.98. The van der Waals surface area contributed by atoms with Crippen molar-refractivity contribution in [2.24, 2.45) is 0 Å². The molecule has 7 heteroatoms. The third-order valence-electron chi connectivity index (χ3n) is 5.07. The molecule has 0 unspecified atom stereocenters. The molecule has 5 nitrogen and oxygen atoms in total. The van der Waals surface area contributed by atoms with Gasteiger partial charge in [-0.1, -0.05) is 28.1 Å². The number of anilines is 3. The molecule has 1 aliphatic rings. The summed E-state index contributed by atoms with van der Waals surface area (Å²) < 4.78 is 0.929. The summed E-state index contributed by atoms with van der Waals surface area (Å²) in [5.41, 5.74) is 4.31. The summed E-state index contributed by atoms with van der Waals surface area (Å²) in [5, 5.41) is 2.83. The quantitative estimate of drug-likeness (QED) is 0.504. The zero-order valence-electron chi connectivity index (χ0n) is 17.2. The van der Waals surface area contributed by atoms with Crippen molar-refractivity contribution in [3.8, 4) is 0 Å². The third-order valence-corrected chi connectivity index (χ3v) is 6.81. The highest BCUT2D eigenvalue weighted by atomic mass is 79.9. The maximum absolute atomic E-state index is 12.6. The first-order valence-electron chi connectivity index (χ1n) is 9.80.